The first kappa shape index (κ1) is 26.1. The normalized spacial score (nSPS) is 10.5. The van der Waals surface area contributed by atoms with Gasteiger partial charge < -0.3 is 34.3 Å². The molecule has 0 aromatic heterocycles. The SMILES string of the molecule is CNC(=O)OCCOCCOCCOCCNC(=O)c1ccc(OCc2ccccc2)cc1. The lowest BCUT2D eigenvalue weighted by atomic mass is 10.2. The maximum Gasteiger partial charge on any atom is 0.406 e. The van der Waals surface area contributed by atoms with Crippen LogP contribution in [-0.2, 0) is 25.6 Å². The highest BCUT2D eigenvalue weighted by Gasteiger charge is 2.05. The molecule has 2 N–H and O–H groups in total. The summed E-state index contributed by atoms with van der Waals surface area (Å²) in [7, 11) is 1.50. The van der Waals surface area contributed by atoms with Crippen molar-refractivity contribution in [1.82, 2.24) is 10.6 Å². The second-order valence-electron chi connectivity index (χ2n) is 6.78. The fourth-order valence-electron chi connectivity index (χ4n) is 2.59. The van der Waals surface area contributed by atoms with Crippen molar-refractivity contribution < 1.29 is 33.3 Å². The van der Waals surface area contributed by atoms with E-state index in [9.17, 15) is 9.59 Å². The molecule has 0 heterocycles. The van der Waals surface area contributed by atoms with Crippen LogP contribution < -0.4 is 15.4 Å². The van der Waals surface area contributed by atoms with Crippen molar-refractivity contribution in [1.29, 1.82) is 0 Å². The Kier molecular flexibility index (Phi) is 13.0. The second kappa shape index (κ2) is 16.5. The van der Waals surface area contributed by atoms with E-state index in [4.69, 9.17) is 23.7 Å². The summed E-state index contributed by atoms with van der Waals surface area (Å²) in [5, 5.41) is 5.16. The molecule has 0 saturated heterocycles. The molecule has 0 aliphatic carbocycles. The fraction of sp³-hybridized carbons (Fsp3) is 0.417. The van der Waals surface area contributed by atoms with Crippen LogP contribution >= 0.6 is 0 Å². The van der Waals surface area contributed by atoms with Crippen LogP contribution in [0.15, 0.2) is 54.6 Å². The molecule has 180 valence electrons. The lowest BCUT2D eigenvalue weighted by molar-refractivity contribution is 0.00631. The molecular formula is C24H32N2O7. The van der Waals surface area contributed by atoms with Crippen LogP contribution in [0.5, 0.6) is 5.75 Å². The zero-order valence-corrected chi connectivity index (χ0v) is 18.9. The van der Waals surface area contributed by atoms with Crippen molar-refractivity contribution in [2.24, 2.45) is 0 Å². The Labute approximate surface area is 194 Å². The molecule has 2 rings (SSSR count). The van der Waals surface area contributed by atoms with Gasteiger partial charge in [0.25, 0.3) is 5.91 Å². The molecular weight excluding hydrogens is 428 g/mol. The number of hydrogen-bond acceptors (Lipinski definition) is 7. The number of carbonyl (C=O) groups is 2. The van der Waals surface area contributed by atoms with Gasteiger partial charge in [0.1, 0.15) is 19.0 Å². The van der Waals surface area contributed by atoms with Crippen molar-refractivity contribution in [3.63, 3.8) is 0 Å². The first-order chi connectivity index (χ1) is 16.2. The summed E-state index contributed by atoms with van der Waals surface area (Å²) in [6.45, 7) is 3.46. The Balaban J connectivity index is 1.44. The second-order valence-corrected chi connectivity index (χ2v) is 6.78. The van der Waals surface area contributed by atoms with E-state index < -0.39 is 6.09 Å². The van der Waals surface area contributed by atoms with E-state index in [-0.39, 0.29) is 12.5 Å². The van der Waals surface area contributed by atoms with Crippen molar-refractivity contribution in [2.75, 3.05) is 59.8 Å². The average Bonchev–Trinajstić information content (AvgIpc) is 2.86. The minimum absolute atomic E-state index is 0.165. The molecule has 0 atom stereocenters. The van der Waals surface area contributed by atoms with Crippen LogP contribution in [-0.4, -0.2) is 71.8 Å². The van der Waals surface area contributed by atoms with E-state index >= 15 is 0 Å². The summed E-state index contributed by atoms with van der Waals surface area (Å²) in [5.41, 5.74) is 1.65. The number of ether oxygens (including phenoxy) is 5. The van der Waals surface area contributed by atoms with Gasteiger partial charge in [-0.05, 0) is 29.8 Å². The molecule has 9 heteroatoms. The van der Waals surface area contributed by atoms with Crippen molar-refractivity contribution in [2.45, 2.75) is 6.61 Å². The van der Waals surface area contributed by atoms with Gasteiger partial charge in [0.2, 0.25) is 0 Å². The summed E-state index contributed by atoms with van der Waals surface area (Å²) in [4.78, 5) is 23.0. The van der Waals surface area contributed by atoms with E-state index in [1.807, 2.05) is 30.3 Å². The number of benzene rings is 2. The highest BCUT2D eigenvalue weighted by Crippen LogP contribution is 2.14. The Morgan fingerprint density at radius 1 is 0.758 bits per heavy atom. The van der Waals surface area contributed by atoms with Crippen molar-refractivity contribution in [3.8, 4) is 5.75 Å². The van der Waals surface area contributed by atoms with Gasteiger partial charge in [0.05, 0.1) is 39.6 Å². The minimum Gasteiger partial charge on any atom is -0.489 e. The van der Waals surface area contributed by atoms with E-state index in [0.717, 1.165) is 5.56 Å². The number of carbonyl (C=O) groups excluding carboxylic acids is 2. The highest BCUT2D eigenvalue weighted by molar-refractivity contribution is 5.94. The van der Waals surface area contributed by atoms with Crippen LogP contribution in [0, 0.1) is 0 Å². The van der Waals surface area contributed by atoms with Gasteiger partial charge in [-0.2, -0.15) is 0 Å². The lowest BCUT2D eigenvalue weighted by Crippen LogP contribution is -2.27. The molecule has 2 aromatic carbocycles. The number of rotatable bonds is 16. The molecule has 0 radical (unpaired) electrons. The summed E-state index contributed by atoms with van der Waals surface area (Å²) < 4.78 is 26.6. The van der Waals surface area contributed by atoms with Gasteiger partial charge in [0, 0.05) is 19.2 Å². The monoisotopic (exact) mass is 460 g/mol. The Morgan fingerprint density at radius 2 is 1.36 bits per heavy atom. The zero-order chi connectivity index (χ0) is 23.6. The van der Waals surface area contributed by atoms with E-state index in [2.05, 4.69) is 10.6 Å². The zero-order valence-electron chi connectivity index (χ0n) is 18.9. The Bertz CT molecular complexity index is 800. The predicted octanol–water partition coefficient (Wildman–Crippen LogP) is 2.40. The highest BCUT2D eigenvalue weighted by atomic mass is 16.6. The lowest BCUT2D eigenvalue weighted by Gasteiger charge is -2.09. The first-order valence-electron chi connectivity index (χ1n) is 10.8. The van der Waals surface area contributed by atoms with Crippen LogP contribution in [0.1, 0.15) is 15.9 Å². The van der Waals surface area contributed by atoms with E-state index in [1.165, 1.54) is 7.05 Å². The van der Waals surface area contributed by atoms with Crippen LogP contribution in [0.3, 0.4) is 0 Å². The molecule has 0 aliphatic rings. The van der Waals surface area contributed by atoms with Crippen molar-refractivity contribution >= 4 is 12.0 Å². The number of hydrogen-bond donors (Lipinski definition) is 2. The predicted molar refractivity (Wildman–Crippen MR) is 122 cm³/mol. The maximum atomic E-state index is 12.2. The molecule has 0 aliphatic heterocycles. The van der Waals surface area contributed by atoms with Gasteiger partial charge in [-0.3, -0.25) is 4.79 Å². The number of amides is 2. The average molecular weight is 461 g/mol. The van der Waals surface area contributed by atoms with Gasteiger partial charge in [-0.1, -0.05) is 30.3 Å². The molecule has 0 fully saturated rings. The summed E-state index contributed by atoms with van der Waals surface area (Å²) in [6, 6.07) is 16.9. The summed E-state index contributed by atoms with van der Waals surface area (Å²) in [6.07, 6.45) is -0.481. The number of nitrogens with one attached hydrogen (secondary N) is 2. The smallest absolute Gasteiger partial charge is 0.406 e. The number of alkyl carbamates (subject to hydrolysis) is 1. The van der Waals surface area contributed by atoms with E-state index in [0.29, 0.717) is 64.1 Å². The fourth-order valence-corrected chi connectivity index (χ4v) is 2.59. The van der Waals surface area contributed by atoms with Crippen molar-refractivity contribution in [3.05, 3.63) is 65.7 Å². The third-order valence-electron chi connectivity index (χ3n) is 4.31. The molecule has 2 aromatic rings. The van der Waals surface area contributed by atoms with E-state index in [1.54, 1.807) is 24.3 Å². The van der Waals surface area contributed by atoms with Gasteiger partial charge in [-0.15, -0.1) is 0 Å². The molecule has 0 unspecified atom stereocenters. The molecule has 0 bridgehead atoms. The Morgan fingerprint density at radius 3 is 2.00 bits per heavy atom. The van der Waals surface area contributed by atoms with Gasteiger partial charge in [0.15, 0.2) is 0 Å². The van der Waals surface area contributed by atoms with Crippen LogP contribution in [0.2, 0.25) is 0 Å². The van der Waals surface area contributed by atoms with Gasteiger partial charge >= 0.3 is 6.09 Å². The summed E-state index contributed by atoms with van der Waals surface area (Å²) in [5.74, 6) is 0.545. The topological polar surface area (TPSA) is 104 Å². The molecule has 9 nitrogen and oxygen atoms in total. The summed E-state index contributed by atoms with van der Waals surface area (Å²) >= 11 is 0. The standard InChI is InChI=1S/C24H32N2O7/c1-25-24(28)32-18-17-31-16-15-30-14-13-29-12-11-26-23(27)21-7-9-22(10-8-21)33-19-20-5-3-2-4-6-20/h2-10H,11-19H2,1H3,(H,25,28)(H,26,27). The molecule has 2 amide bonds. The third-order valence-corrected chi connectivity index (χ3v) is 4.31. The van der Waals surface area contributed by atoms with Gasteiger partial charge in [-0.25, -0.2) is 4.79 Å². The molecule has 0 spiro atoms. The first-order valence-corrected chi connectivity index (χ1v) is 10.8. The van der Waals surface area contributed by atoms with Crippen LogP contribution in [0.25, 0.3) is 0 Å². The van der Waals surface area contributed by atoms with Crippen LogP contribution in [0.4, 0.5) is 4.79 Å². The molecule has 0 saturated carbocycles. The minimum atomic E-state index is -0.481. The Hall–Kier alpha value is -3.14. The molecule has 33 heavy (non-hydrogen) atoms. The quantitative estimate of drug-likeness (QED) is 0.371. The maximum absolute atomic E-state index is 12.2. The largest absolute Gasteiger partial charge is 0.489 e. The third kappa shape index (κ3) is 11.9.